The second-order valence-electron chi connectivity index (χ2n) is 7.42. The Labute approximate surface area is 209 Å². The highest BCUT2D eigenvalue weighted by Crippen LogP contribution is 2.52. The van der Waals surface area contributed by atoms with Crippen LogP contribution in [0.15, 0.2) is 33.5 Å². The Morgan fingerprint density at radius 3 is 1.54 bits per heavy atom. The van der Waals surface area contributed by atoms with Gasteiger partial charge in [0.25, 0.3) is 0 Å². The number of benzene rings is 2. The topological polar surface area (TPSA) is 154 Å². The third kappa shape index (κ3) is 5.53. The average Bonchev–Trinajstić information content (AvgIpc) is 2.81. The molecule has 2 aromatic carbocycles. The minimum Gasteiger partial charge on any atom is -0.497 e. The Morgan fingerprint density at radius 1 is 0.622 bits per heavy atom. The number of methoxy groups -OCH3 is 2. The van der Waals surface area contributed by atoms with Crippen LogP contribution < -0.4 is 33.8 Å². The summed E-state index contributed by atoms with van der Waals surface area (Å²) in [5.41, 5.74) is -1.03. The zero-order chi connectivity index (χ0) is 27.4. The van der Waals surface area contributed by atoms with Gasteiger partial charge in [0.15, 0.2) is 17.1 Å². The van der Waals surface area contributed by atoms with E-state index in [0.717, 1.165) is 27.7 Å². The third-order valence-corrected chi connectivity index (χ3v) is 4.66. The van der Waals surface area contributed by atoms with Gasteiger partial charge >= 0.3 is 23.9 Å². The van der Waals surface area contributed by atoms with Crippen molar-refractivity contribution in [2.75, 3.05) is 14.2 Å². The van der Waals surface area contributed by atoms with Gasteiger partial charge < -0.3 is 32.8 Å². The molecule has 3 aromatic rings. The number of hydrogen-bond donors (Lipinski definition) is 0. The molecule has 1 aromatic heterocycles. The van der Waals surface area contributed by atoms with Crippen molar-refractivity contribution < 1.29 is 52.0 Å². The lowest BCUT2D eigenvalue weighted by molar-refractivity contribution is -0.135. The van der Waals surface area contributed by atoms with Crippen molar-refractivity contribution in [2.24, 2.45) is 0 Å². The molecule has 0 aliphatic carbocycles. The van der Waals surface area contributed by atoms with Gasteiger partial charge in [-0.15, -0.1) is 0 Å². The van der Waals surface area contributed by atoms with Crippen LogP contribution in [0.5, 0.6) is 34.5 Å². The van der Waals surface area contributed by atoms with E-state index < -0.39 is 57.7 Å². The number of rotatable bonds is 7. The van der Waals surface area contributed by atoms with Crippen LogP contribution in [0, 0.1) is 0 Å². The number of esters is 4. The largest absolute Gasteiger partial charge is 0.497 e. The standard InChI is InChI=1S/C25H22O12/c1-11(26)33-21-17-18(30)22(34-12(2)27)19(15-7-9-16(31-5)10-8-15)37-20(17)23(32-6)25(36-14(4)29)24(21)35-13(3)28/h7-10H,1-6H3. The summed E-state index contributed by atoms with van der Waals surface area (Å²) in [5.74, 6) is -5.79. The molecule has 12 nitrogen and oxygen atoms in total. The summed E-state index contributed by atoms with van der Waals surface area (Å²) < 4.78 is 37.3. The third-order valence-electron chi connectivity index (χ3n) is 4.66. The Bertz CT molecular complexity index is 1460. The fourth-order valence-electron chi connectivity index (χ4n) is 3.38. The first-order chi connectivity index (χ1) is 17.5. The van der Waals surface area contributed by atoms with E-state index in [0.29, 0.717) is 11.3 Å². The van der Waals surface area contributed by atoms with E-state index in [1.54, 1.807) is 12.1 Å². The molecule has 0 spiro atoms. The lowest BCUT2D eigenvalue weighted by atomic mass is 10.1. The minimum absolute atomic E-state index is 0.198. The molecular weight excluding hydrogens is 492 g/mol. The Kier molecular flexibility index (Phi) is 7.81. The van der Waals surface area contributed by atoms with E-state index in [1.165, 1.54) is 26.4 Å². The molecule has 1 heterocycles. The molecule has 0 fully saturated rings. The zero-order valence-electron chi connectivity index (χ0n) is 20.7. The van der Waals surface area contributed by atoms with Crippen LogP contribution in [0.3, 0.4) is 0 Å². The summed E-state index contributed by atoms with van der Waals surface area (Å²) in [6.07, 6.45) is 0. The molecule has 0 N–H and O–H groups in total. The van der Waals surface area contributed by atoms with Crippen molar-refractivity contribution in [3.63, 3.8) is 0 Å². The molecule has 0 amide bonds. The highest BCUT2D eigenvalue weighted by Gasteiger charge is 2.33. The lowest BCUT2D eigenvalue weighted by Crippen LogP contribution is -2.17. The van der Waals surface area contributed by atoms with Gasteiger partial charge in [0.2, 0.25) is 28.4 Å². The number of ether oxygens (including phenoxy) is 6. The van der Waals surface area contributed by atoms with Crippen molar-refractivity contribution in [1.29, 1.82) is 0 Å². The zero-order valence-corrected chi connectivity index (χ0v) is 20.7. The van der Waals surface area contributed by atoms with Crippen LogP contribution in [-0.2, 0) is 19.2 Å². The van der Waals surface area contributed by atoms with Gasteiger partial charge in [-0.3, -0.25) is 24.0 Å². The summed E-state index contributed by atoms with van der Waals surface area (Å²) >= 11 is 0. The van der Waals surface area contributed by atoms with E-state index in [9.17, 15) is 24.0 Å². The molecule has 3 rings (SSSR count). The van der Waals surface area contributed by atoms with E-state index in [-0.39, 0.29) is 17.1 Å². The van der Waals surface area contributed by atoms with Gasteiger partial charge in [0.05, 0.1) is 14.2 Å². The predicted octanol–water partition coefficient (Wildman–Crippen LogP) is 3.18. The highest BCUT2D eigenvalue weighted by atomic mass is 16.6. The minimum atomic E-state index is -0.973. The van der Waals surface area contributed by atoms with E-state index >= 15 is 0 Å². The monoisotopic (exact) mass is 514 g/mol. The van der Waals surface area contributed by atoms with Crippen LogP contribution in [0.2, 0.25) is 0 Å². The van der Waals surface area contributed by atoms with Crippen LogP contribution >= 0.6 is 0 Å². The van der Waals surface area contributed by atoms with Crippen molar-refractivity contribution >= 4 is 34.8 Å². The van der Waals surface area contributed by atoms with Crippen LogP contribution in [0.1, 0.15) is 27.7 Å². The molecule has 0 aliphatic rings. The van der Waals surface area contributed by atoms with E-state index in [1.807, 2.05) is 0 Å². The van der Waals surface area contributed by atoms with Crippen molar-refractivity contribution in [1.82, 2.24) is 0 Å². The first-order valence-electron chi connectivity index (χ1n) is 10.6. The first-order valence-corrected chi connectivity index (χ1v) is 10.6. The molecule has 0 aliphatic heterocycles. The SMILES string of the molecule is COc1ccc(-c2oc3c(OC)c(OC(C)=O)c(OC(C)=O)c(OC(C)=O)c3c(=O)c2OC(C)=O)cc1. The molecule has 0 radical (unpaired) electrons. The van der Waals surface area contributed by atoms with Crippen LogP contribution in [0.25, 0.3) is 22.3 Å². The van der Waals surface area contributed by atoms with Gasteiger partial charge in [-0.2, -0.15) is 0 Å². The molecule has 37 heavy (non-hydrogen) atoms. The second-order valence-corrected chi connectivity index (χ2v) is 7.42. The summed E-state index contributed by atoms with van der Waals surface area (Å²) in [6, 6.07) is 6.23. The Morgan fingerprint density at radius 2 is 1.08 bits per heavy atom. The second kappa shape index (κ2) is 10.8. The fourth-order valence-corrected chi connectivity index (χ4v) is 3.38. The molecular formula is C25H22O12. The maximum Gasteiger partial charge on any atom is 0.308 e. The van der Waals surface area contributed by atoms with Crippen molar-refractivity contribution in [2.45, 2.75) is 27.7 Å². The van der Waals surface area contributed by atoms with Gasteiger partial charge in [0.1, 0.15) is 11.1 Å². The summed E-state index contributed by atoms with van der Waals surface area (Å²) in [7, 11) is 2.64. The Balaban J connectivity index is 2.60. The van der Waals surface area contributed by atoms with E-state index in [2.05, 4.69) is 0 Å². The van der Waals surface area contributed by atoms with Gasteiger partial charge in [0, 0.05) is 33.3 Å². The quantitative estimate of drug-likeness (QED) is 0.336. The maximum absolute atomic E-state index is 13.8. The molecule has 0 bridgehead atoms. The summed E-state index contributed by atoms with van der Waals surface area (Å²) in [5, 5.41) is -0.479. The maximum atomic E-state index is 13.8. The van der Waals surface area contributed by atoms with Crippen molar-refractivity contribution in [3.8, 4) is 45.8 Å². The molecule has 0 saturated carbocycles. The molecule has 0 saturated heterocycles. The van der Waals surface area contributed by atoms with Gasteiger partial charge in [-0.1, -0.05) is 0 Å². The van der Waals surface area contributed by atoms with Crippen LogP contribution in [-0.4, -0.2) is 38.1 Å². The first kappa shape index (κ1) is 26.7. The molecule has 0 atom stereocenters. The molecule has 0 unspecified atom stereocenters. The molecule has 12 heteroatoms. The molecule has 194 valence electrons. The summed E-state index contributed by atoms with van der Waals surface area (Å²) in [4.78, 5) is 61.4. The predicted molar refractivity (Wildman–Crippen MR) is 126 cm³/mol. The smallest absolute Gasteiger partial charge is 0.308 e. The summed E-state index contributed by atoms with van der Waals surface area (Å²) in [6.45, 7) is 4.20. The highest BCUT2D eigenvalue weighted by molar-refractivity contribution is 6.00. The number of fused-ring (bicyclic) bond motifs is 1. The fraction of sp³-hybridized carbons (Fsp3) is 0.240. The van der Waals surface area contributed by atoms with Crippen LogP contribution in [0.4, 0.5) is 0 Å². The van der Waals surface area contributed by atoms with Gasteiger partial charge in [-0.25, -0.2) is 0 Å². The Hall–Kier alpha value is -4.87. The number of hydrogen-bond acceptors (Lipinski definition) is 12. The number of carbonyl (C=O) groups excluding carboxylic acids is 4. The average molecular weight is 514 g/mol. The normalized spacial score (nSPS) is 10.4. The van der Waals surface area contributed by atoms with E-state index in [4.69, 9.17) is 32.8 Å². The van der Waals surface area contributed by atoms with Crippen molar-refractivity contribution in [3.05, 3.63) is 34.5 Å². The number of carbonyl (C=O) groups is 4. The van der Waals surface area contributed by atoms with Gasteiger partial charge in [-0.05, 0) is 24.3 Å². The lowest BCUT2D eigenvalue weighted by Gasteiger charge is -2.19.